The lowest BCUT2D eigenvalue weighted by atomic mass is 10.1. The third-order valence-corrected chi connectivity index (χ3v) is 5.73. The van der Waals surface area contributed by atoms with Gasteiger partial charge in [-0.2, -0.15) is 4.72 Å². The van der Waals surface area contributed by atoms with E-state index in [4.69, 9.17) is 0 Å². The van der Waals surface area contributed by atoms with Gasteiger partial charge in [0.15, 0.2) is 0 Å². The summed E-state index contributed by atoms with van der Waals surface area (Å²) in [5, 5.41) is 18.7. The molecule has 0 saturated heterocycles. The molecule has 0 amide bonds. The molecule has 0 aromatic heterocycles. The molecule has 0 spiro atoms. The maximum absolute atomic E-state index is 12.6. The van der Waals surface area contributed by atoms with Crippen molar-refractivity contribution in [1.29, 1.82) is 0 Å². The molecule has 1 atom stereocenters. The van der Waals surface area contributed by atoms with Crippen molar-refractivity contribution in [2.75, 3.05) is 0 Å². The molecule has 0 fully saturated rings. The number of phenols is 1. The van der Waals surface area contributed by atoms with Crippen LogP contribution in [0.1, 0.15) is 5.56 Å². The number of aromatic hydroxyl groups is 1. The highest BCUT2D eigenvalue weighted by Gasteiger charge is 2.25. The largest absolute Gasteiger partial charge is 0.508 e. The number of sulfonamides is 1. The third-order valence-electron chi connectivity index (χ3n) is 4.24. The van der Waals surface area contributed by atoms with Crippen LogP contribution in [0.3, 0.4) is 0 Å². The second kappa shape index (κ2) is 8.24. The number of hydrogen-bond acceptors (Lipinski definition) is 4. The van der Waals surface area contributed by atoms with Crippen LogP contribution in [0.15, 0.2) is 83.8 Å². The second-order valence-electron chi connectivity index (χ2n) is 6.27. The van der Waals surface area contributed by atoms with Gasteiger partial charge in [-0.1, -0.05) is 54.6 Å². The van der Waals surface area contributed by atoms with Crippen molar-refractivity contribution in [3.05, 3.63) is 84.4 Å². The SMILES string of the molecule is O=C(O)[C@@H](Cc1ccc(O)cc1)NS(=O)(=O)c1ccc(-c2ccccc2)cc1. The molecule has 0 heterocycles. The molecule has 0 bridgehead atoms. The molecular formula is C21H19NO5S. The highest BCUT2D eigenvalue weighted by atomic mass is 32.2. The molecule has 0 radical (unpaired) electrons. The minimum atomic E-state index is -4.01. The van der Waals surface area contributed by atoms with Crippen molar-refractivity contribution in [3.8, 4) is 16.9 Å². The Balaban J connectivity index is 1.78. The topological polar surface area (TPSA) is 104 Å². The summed E-state index contributed by atoms with van der Waals surface area (Å²) in [6, 6.07) is 20.4. The summed E-state index contributed by atoms with van der Waals surface area (Å²) >= 11 is 0. The van der Waals surface area contributed by atoms with E-state index in [2.05, 4.69) is 4.72 Å². The molecule has 3 N–H and O–H groups in total. The number of carbonyl (C=O) groups is 1. The van der Waals surface area contributed by atoms with Gasteiger partial charge in [0.2, 0.25) is 10.0 Å². The number of aliphatic carboxylic acids is 1. The van der Waals surface area contributed by atoms with Crippen molar-refractivity contribution in [3.63, 3.8) is 0 Å². The zero-order chi connectivity index (χ0) is 20.1. The number of phenolic OH excluding ortho intramolecular Hbond substituents is 1. The van der Waals surface area contributed by atoms with E-state index >= 15 is 0 Å². The normalized spacial score (nSPS) is 12.4. The Hall–Kier alpha value is -3.16. The summed E-state index contributed by atoms with van der Waals surface area (Å²) in [6.07, 6.45) is -0.0447. The summed E-state index contributed by atoms with van der Waals surface area (Å²) < 4.78 is 27.5. The first-order valence-corrected chi connectivity index (χ1v) is 10.0. The van der Waals surface area contributed by atoms with E-state index in [0.29, 0.717) is 5.56 Å². The Morgan fingerprint density at radius 2 is 1.43 bits per heavy atom. The van der Waals surface area contributed by atoms with Gasteiger partial charge < -0.3 is 10.2 Å². The van der Waals surface area contributed by atoms with Crippen LogP contribution in [0, 0.1) is 0 Å². The van der Waals surface area contributed by atoms with Crippen LogP contribution < -0.4 is 4.72 Å². The predicted molar refractivity (Wildman–Crippen MR) is 105 cm³/mol. The molecule has 0 aliphatic rings. The molecule has 28 heavy (non-hydrogen) atoms. The lowest BCUT2D eigenvalue weighted by Gasteiger charge is -2.15. The average molecular weight is 397 g/mol. The zero-order valence-electron chi connectivity index (χ0n) is 14.8. The summed E-state index contributed by atoms with van der Waals surface area (Å²) in [5.41, 5.74) is 2.40. The van der Waals surface area contributed by atoms with E-state index in [0.717, 1.165) is 11.1 Å². The Morgan fingerprint density at radius 3 is 2.00 bits per heavy atom. The zero-order valence-corrected chi connectivity index (χ0v) is 15.6. The van der Waals surface area contributed by atoms with E-state index in [1.54, 1.807) is 24.3 Å². The van der Waals surface area contributed by atoms with E-state index in [1.165, 1.54) is 24.3 Å². The smallest absolute Gasteiger partial charge is 0.322 e. The first-order valence-electron chi connectivity index (χ1n) is 8.54. The van der Waals surface area contributed by atoms with Crippen LogP contribution in [-0.2, 0) is 21.2 Å². The van der Waals surface area contributed by atoms with Crippen molar-refractivity contribution < 1.29 is 23.4 Å². The van der Waals surface area contributed by atoms with Crippen molar-refractivity contribution >= 4 is 16.0 Å². The molecule has 144 valence electrons. The van der Waals surface area contributed by atoms with Gasteiger partial charge >= 0.3 is 5.97 Å². The molecular weight excluding hydrogens is 378 g/mol. The summed E-state index contributed by atoms with van der Waals surface area (Å²) in [6.45, 7) is 0. The summed E-state index contributed by atoms with van der Waals surface area (Å²) in [7, 11) is -4.01. The second-order valence-corrected chi connectivity index (χ2v) is 7.99. The quantitative estimate of drug-likeness (QED) is 0.569. The lowest BCUT2D eigenvalue weighted by molar-refractivity contribution is -0.138. The van der Waals surface area contributed by atoms with Crippen LogP contribution in [0.25, 0.3) is 11.1 Å². The molecule has 0 aliphatic heterocycles. The van der Waals surface area contributed by atoms with E-state index in [-0.39, 0.29) is 17.1 Å². The molecule has 0 saturated carbocycles. The van der Waals surface area contributed by atoms with Crippen LogP contribution >= 0.6 is 0 Å². The van der Waals surface area contributed by atoms with Crippen molar-refractivity contribution in [1.82, 2.24) is 4.72 Å². The number of carboxylic acid groups (broad SMARTS) is 1. The minimum absolute atomic E-state index is 0.0101. The highest BCUT2D eigenvalue weighted by Crippen LogP contribution is 2.21. The van der Waals surface area contributed by atoms with Gasteiger partial charge in [0.1, 0.15) is 11.8 Å². The first-order chi connectivity index (χ1) is 13.3. The molecule has 6 nitrogen and oxygen atoms in total. The fourth-order valence-corrected chi connectivity index (χ4v) is 3.95. The number of benzene rings is 3. The average Bonchev–Trinajstić information content (AvgIpc) is 2.70. The monoisotopic (exact) mass is 397 g/mol. The first kappa shape index (κ1) is 19.6. The van der Waals surface area contributed by atoms with Gasteiger partial charge in [-0.05, 0) is 47.4 Å². The molecule has 3 aromatic carbocycles. The number of nitrogens with one attached hydrogen (secondary N) is 1. The van der Waals surface area contributed by atoms with E-state index in [9.17, 15) is 23.4 Å². The van der Waals surface area contributed by atoms with Crippen LogP contribution in [-0.4, -0.2) is 30.6 Å². The third kappa shape index (κ3) is 4.76. The fourth-order valence-electron chi connectivity index (χ4n) is 2.76. The van der Waals surface area contributed by atoms with Gasteiger partial charge in [-0.15, -0.1) is 0 Å². The van der Waals surface area contributed by atoms with Gasteiger partial charge in [0.05, 0.1) is 4.90 Å². The Labute approximate surface area is 163 Å². The van der Waals surface area contributed by atoms with Crippen LogP contribution in [0.5, 0.6) is 5.75 Å². The fraction of sp³-hybridized carbons (Fsp3) is 0.0952. The summed E-state index contributed by atoms with van der Waals surface area (Å²) in [5.74, 6) is -1.23. The maximum Gasteiger partial charge on any atom is 0.322 e. The lowest BCUT2D eigenvalue weighted by Crippen LogP contribution is -2.42. The molecule has 3 aromatic rings. The highest BCUT2D eigenvalue weighted by molar-refractivity contribution is 7.89. The number of hydrogen-bond donors (Lipinski definition) is 3. The van der Waals surface area contributed by atoms with Crippen LogP contribution in [0.4, 0.5) is 0 Å². The van der Waals surface area contributed by atoms with Crippen molar-refractivity contribution in [2.24, 2.45) is 0 Å². The minimum Gasteiger partial charge on any atom is -0.508 e. The standard InChI is InChI=1S/C21H19NO5S/c23-18-10-6-15(7-11-18)14-20(21(24)25)22-28(26,27)19-12-8-17(9-13-19)16-4-2-1-3-5-16/h1-13,20,22-23H,14H2,(H,24,25)/t20-/m1/s1. The number of carboxylic acids is 1. The molecule has 3 rings (SSSR count). The van der Waals surface area contributed by atoms with Gasteiger partial charge in [-0.25, -0.2) is 8.42 Å². The van der Waals surface area contributed by atoms with Gasteiger partial charge in [0, 0.05) is 0 Å². The van der Waals surface area contributed by atoms with Gasteiger partial charge in [0.25, 0.3) is 0 Å². The van der Waals surface area contributed by atoms with Crippen molar-refractivity contribution in [2.45, 2.75) is 17.4 Å². The number of rotatable bonds is 7. The Bertz CT molecular complexity index is 1050. The maximum atomic E-state index is 12.6. The summed E-state index contributed by atoms with van der Waals surface area (Å²) in [4.78, 5) is 11.5. The molecule has 7 heteroatoms. The van der Waals surface area contributed by atoms with E-state index < -0.39 is 22.0 Å². The predicted octanol–water partition coefficient (Wildman–Crippen LogP) is 3.03. The van der Waals surface area contributed by atoms with E-state index in [1.807, 2.05) is 30.3 Å². The molecule has 0 unspecified atom stereocenters. The molecule has 0 aliphatic carbocycles. The Kier molecular flexibility index (Phi) is 5.77. The van der Waals surface area contributed by atoms with Gasteiger partial charge in [-0.3, -0.25) is 4.79 Å². The van der Waals surface area contributed by atoms with Crippen LogP contribution in [0.2, 0.25) is 0 Å². The Morgan fingerprint density at radius 1 is 0.857 bits per heavy atom.